The van der Waals surface area contributed by atoms with Gasteiger partial charge in [-0.05, 0) is 12.1 Å². The highest BCUT2D eigenvalue weighted by Crippen LogP contribution is 2.11. The van der Waals surface area contributed by atoms with Gasteiger partial charge in [-0.1, -0.05) is 12.1 Å². The first-order valence-electron chi connectivity index (χ1n) is 5.23. The van der Waals surface area contributed by atoms with Crippen LogP contribution in [0.1, 0.15) is 0 Å². The number of benzene rings is 1. The van der Waals surface area contributed by atoms with E-state index in [9.17, 15) is 14.0 Å². The summed E-state index contributed by atoms with van der Waals surface area (Å²) < 4.78 is 13.2. The highest BCUT2D eigenvalue weighted by molar-refractivity contribution is 5.92. The van der Waals surface area contributed by atoms with Gasteiger partial charge in [0.2, 0.25) is 11.8 Å². The summed E-state index contributed by atoms with van der Waals surface area (Å²) in [6, 6.07) is 5.74. The third-order valence-electron chi connectivity index (χ3n) is 2.10. The number of carbonyl (C=O) groups is 2. The van der Waals surface area contributed by atoms with Crippen molar-refractivity contribution in [3.63, 3.8) is 0 Å². The van der Waals surface area contributed by atoms with Gasteiger partial charge in [-0.2, -0.15) is 0 Å². The van der Waals surface area contributed by atoms with Gasteiger partial charge in [-0.3, -0.25) is 9.59 Å². The molecule has 0 aromatic heterocycles. The number of aliphatic hydroxyl groups is 1. The van der Waals surface area contributed by atoms with Crippen molar-refractivity contribution in [3.8, 4) is 0 Å². The van der Waals surface area contributed by atoms with Gasteiger partial charge < -0.3 is 21.5 Å². The molecule has 0 saturated carbocycles. The summed E-state index contributed by atoms with van der Waals surface area (Å²) in [6.45, 7) is -0.307. The Morgan fingerprint density at radius 2 is 2.06 bits per heavy atom. The van der Waals surface area contributed by atoms with Crippen LogP contribution in [0.2, 0.25) is 0 Å². The van der Waals surface area contributed by atoms with Crippen molar-refractivity contribution in [2.75, 3.05) is 18.4 Å². The highest BCUT2D eigenvalue weighted by Gasteiger charge is 2.11. The fourth-order valence-corrected chi connectivity index (χ4v) is 1.18. The summed E-state index contributed by atoms with van der Waals surface area (Å²) in [5.41, 5.74) is 4.89. The summed E-state index contributed by atoms with van der Waals surface area (Å²) in [6.07, 6.45) is -1.36. The number of primary amides is 1. The molecule has 0 spiro atoms. The molecule has 0 bridgehead atoms. The van der Waals surface area contributed by atoms with Crippen LogP contribution in [0.5, 0.6) is 0 Å². The van der Waals surface area contributed by atoms with Crippen LogP contribution in [0.4, 0.5) is 10.1 Å². The van der Waals surface area contributed by atoms with Gasteiger partial charge in [-0.25, -0.2) is 4.39 Å². The van der Waals surface area contributed by atoms with Crippen molar-refractivity contribution in [2.24, 2.45) is 5.73 Å². The fourth-order valence-electron chi connectivity index (χ4n) is 1.18. The molecule has 0 saturated heterocycles. The number of halogens is 1. The van der Waals surface area contributed by atoms with Crippen molar-refractivity contribution in [1.29, 1.82) is 0 Å². The van der Waals surface area contributed by atoms with Crippen molar-refractivity contribution < 1.29 is 19.1 Å². The van der Waals surface area contributed by atoms with Crippen molar-refractivity contribution in [1.82, 2.24) is 5.32 Å². The van der Waals surface area contributed by atoms with Crippen LogP contribution in [0.15, 0.2) is 24.3 Å². The van der Waals surface area contributed by atoms with Crippen molar-refractivity contribution >= 4 is 17.5 Å². The molecule has 18 heavy (non-hydrogen) atoms. The number of aliphatic hydroxyl groups excluding tert-OH is 1. The third kappa shape index (κ3) is 4.48. The molecule has 0 aliphatic rings. The zero-order chi connectivity index (χ0) is 13.5. The van der Waals surface area contributed by atoms with Crippen LogP contribution in [0.3, 0.4) is 0 Å². The Bertz CT molecular complexity index is 439. The second-order valence-electron chi connectivity index (χ2n) is 3.58. The first kappa shape index (κ1) is 14.1. The van der Waals surface area contributed by atoms with Gasteiger partial charge in [0, 0.05) is 6.54 Å². The molecule has 0 aliphatic carbocycles. The van der Waals surface area contributed by atoms with E-state index in [-0.39, 0.29) is 18.8 Å². The van der Waals surface area contributed by atoms with Gasteiger partial charge in [0.1, 0.15) is 11.9 Å². The topological polar surface area (TPSA) is 104 Å². The lowest BCUT2D eigenvalue weighted by molar-refractivity contribution is -0.126. The first-order chi connectivity index (χ1) is 8.50. The van der Waals surface area contributed by atoms with Crippen LogP contribution in [-0.4, -0.2) is 36.1 Å². The van der Waals surface area contributed by atoms with E-state index in [4.69, 9.17) is 10.8 Å². The summed E-state index contributed by atoms with van der Waals surface area (Å²) in [5, 5.41) is 13.9. The van der Waals surface area contributed by atoms with Crippen LogP contribution in [-0.2, 0) is 9.59 Å². The van der Waals surface area contributed by atoms with Crippen LogP contribution < -0.4 is 16.4 Å². The van der Waals surface area contributed by atoms with Gasteiger partial charge in [0.15, 0.2) is 0 Å². The van der Waals surface area contributed by atoms with E-state index in [1.807, 2.05) is 0 Å². The van der Waals surface area contributed by atoms with Crippen molar-refractivity contribution in [3.05, 3.63) is 30.1 Å². The molecule has 1 aromatic rings. The second-order valence-corrected chi connectivity index (χ2v) is 3.58. The Morgan fingerprint density at radius 3 is 2.67 bits per heavy atom. The van der Waals surface area contributed by atoms with E-state index in [0.29, 0.717) is 0 Å². The molecule has 1 atom stereocenters. The number of hydrogen-bond donors (Lipinski definition) is 4. The van der Waals surface area contributed by atoms with Crippen LogP contribution >= 0.6 is 0 Å². The maximum absolute atomic E-state index is 13.2. The normalized spacial score (nSPS) is 11.9. The third-order valence-corrected chi connectivity index (χ3v) is 2.10. The first-order valence-corrected chi connectivity index (χ1v) is 5.23. The molecule has 5 N–H and O–H groups in total. The molecule has 0 aliphatic heterocycles. The number of rotatable bonds is 6. The van der Waals surface area contributed by atoms with Crippen molar-refractivity contribution in [2.45, 2.75) is 6.10 Å². The summed E-state index contributed by atoms with van der Waals surface area (Å²) in [4.78, 5) is 21.9. The summed E-state index contributed by atoms with van der Waals surface area (Å²) >= 11 is 0. The Hall–Kier alpha value is -1.99. The molecule has 0 fully saturated rings. The minimum atomic E-state index is -1.36. The zero-order valence-electron chi connectivity index (χ0n) is 9.52. The van der Waals surface area contributed by atoms with Gasteiger partial charge >= 0.3 is 0 Å². The largest absolute Gasteiger partial charge is 0.382 e. The Kier molecular flexibility index (Phi) is 5.22. The maximum atomic E-state index is 13.2. The minimum Gasteiger partial charge on any atom is -0.382 e. The lowest BCUT2D eigenvalue weighted by atomic mass is 10.3. The van der Waals surface area contributed by atoms with Crippen LogP contribution in [0.25, 0.3) is 0 Å². The highest BCUT2D eigenvalue weighted by atomic mass is 19.1. The molecule has 6 nitrogen and oxygen atoms in total. The molecule has 7 heteroatoms. The van der Waals surface area contributed by atoms with E-state index >= 15 is 0 Å². The van der Waals surface area contributed by atoms with E-state index < -0.39 is 23.7 Å². The van der Waals surface area contributed by atoms with Gasteiger partial charge in [0.25, 0.3) is 0 Å². The lowest BCUT2D eigenvalue weighted by Gasteiger charge is -2.09. The Labute approximate surface area is 103 Å². The number of anilines is 1. The van der Waals surface area contributed by atoms with E-state index in [0.717, 1.165) is 0 Å². The molecule has 2 amide bonds. The molecule has 1 aromatic carbocycles. The van der Waals surface area contributed by atoms with E-state index in [1.165, 1.54) is 18.2 Å². The molecular formula is C11H14FN3O3. The Morgan fingerprint density at radius 1 is 1.39 bits per heavy atom. The van der Waals surface area contributed by atoms with Crippen LogP contribution in [0, 0.1) is 5.82 Å². The second kappa shape index (κ2) is 6.67. The summed E-state index contributed by atoms with van der Waals surface area (Å²) in [7, 11) is 0. The minimum absolute atomic E-state index is 0.0692. The predicted molar refractivity (Wildman–Crippen MR) is 63.1 cm³/mol. The van der Waals surface area contributed by atoms with Gasteiger partial charge in [0.05, 0.1) is 12.2 Å². The molecular weight excluding hydrogens is 241 g/mol. The Balaban J connectivity index is 2.35. The molecule has 1 unspecified atom stereocenters. The number of para-hydroxylation sites is 1. The lowest BCUT2D eigenvalue weighted by Crippen LogP contribution is -2.40. The predicted octanol–water partition coefficient (Wildman–Crippen LogP) is -0.800. The number of hydrogen-bond acceptors (Lipinski definition) is 4. The fraction of sp³-hybridized carbons (Fsp3) is 0.273. The smallest absolute Gasteiger partial charge is 0.247 e. The molecule has 98 valence electrons. The molecule has 0 heterocycles. The quantitative estimate of drug-likeness (QED) is 0.534. The number of amides is 2. The number of carbonyl (C=O) groups excluding carboxylic acids is 2. The summed E-state index contributed by atoms with van der Waals surface area (Å²) in [5.74, 6) is -1.91. The number of nitrogens with two attached hydrogens (primary N) is 1. The SMILES string of the molecule is NC(=O)C(O)CNCC(=O)Nc1ccccc1F. The average Bonchev–Trinajstić information content (AvgIpc) is 2.32. The van der Waals surface area contributed by atoms with Gasteiger partial charge in [-0.15, -0.1) is 0 Å². The molecule has 1 rings (SSSR count). The monoisotopic (exact) mass is 255 g/mol. The molecule has 0 radical (unpaired) electrons. The number of nitrogens with one attached hydrogen (secondary N) is 2. The zero-order valence-corrected chi connectivity index (χ0v) is 9.52. The maximum Gasteiger partial charge on any atom is 0.247 e. The van der Waals surface area contributed by atoms with E-state index in [1.54, 1.807) is 6.07 Å². The van der Waals surface area contributed by atoms with E-state index in [2.05, 4.69) is 10.6 Å². The standard InChI is InChI=1S/C11H14FN3O3/c12-7-3-1-2-4-8(7)15-10(17)6-14-5-9(16)11(13)18/h1-4,9,14,16H,5-6H2,(H2,13,18)(H,15,17). The average molecular weight is 255 g/mol.